The molecular formula is C32H33Cl2F2N3O6S. The van der Waals surface area contributed by atoms with Crippen molar-refractivity contribution in [3.05, 3.63) is 92.4 Å². The molecule has 3 aromatic rings. The Bertz CT molecular complexity index is 1560. The molecule has 2 fully saturated rings. The number of hydrogen-bond acceptors (Lipinski definition) is 8. The average molecular weight is 697 g/mol. The van der Waals surface area contributed by atoms with Gasteiger partial charge >= 0.3 is 12.6 Å². The number of aromatic nitrogens is 1. The molecule has 1 saturated heterocycles. The van der Waals surface area contributed by atoms with Crippen LogP contribution in [0.15, 0.2) is 54.9 Å². The molecule has 0 N–H and O–H groups in total. The van der Waals surface area contributed by atoms with E-state index in [1.807, 2.05) is 23.1 Å². The van der Waals surface area contributed by atoms with Crippen molar-refractivity contribution < 1.29 is 37.3 Å². The molecule has 1 aromatic heterocycles. The molecule has 0 unspecified atom stereocenters. The fourth-order valence-corrected chi connectivity index (χ4v) is 6.78. The van der Waals surface area contributed by atoms with E-state index < -0.39 is 24.1 Å². The number of carbonyl (C=O) groups excluding carboxylic acids is 2. The third-order valence-corrected chi connectivity index (χ3v) is 9.46. The first-order valence-electron chi connectivity index (χ1n) is 14.6. The van der Waals surface area contributed by atoms with Crippen LogP contribution < -0.4 is 14.2 Å². The molecule has 0 radical (unpaired) electrons. The van der Waals surface area contributed by atoms with Gasteiger partial charge in [0.15, 0.2) is 29.3 Å². The highest BCUT2D eigenvalue weighted by atomic mass is 35.5. The Balaban J connectivity index is 1.41. The van der Waals surface area contributed by atoms with Crippen molar-refractivity contribution in [3.63, 3.8) is 0 Å². The SMILES string of the molecule is CN(C)C(=O)c1cccc(CN2CCS[C@H]2C(=O)O[C@@H](Cc2c(Cl)c[n+]([O-])cc2Cl)c2ccc(OC(F)F)c(OCC3CC3)c2)c1. The number of amides is 1. The molecule has 1 aliphatic heterocycles. The van der Waals surface area contributed by atoms with Gasteiger partial charge in [-0.1, -0.05) is 41.4 Å². The monoisotopic (exact) mass is 695 g/mol. The Morgan fingerprint density at radius 1 is 1.11 bits per heavy atom. The molecule has 2 atom stereocenters. The summed E-state index contributed by atoms with van der Waals surface area (Å²) in [5.74, 6) is 0.326. The van der Waals surface area contributed by atoms with Gasteiger partial charge < -0.3 is 24.3 Å². The summed E-state index contributed by atoms with van der Waals surface area (Å²) in [4.78, 5) is 29.8. The fraction of sp³-hybridized carbons (Fsp3) is 0.406. The van der Waals surface area contributed by atoms with Crippen molar-refractivity contribution in [3.8, 4) is 11.5 Å². The number of hydrogen-bond donors (Lipinski definition) is 0. The Hall–Kier alpha value is -3.32. The number of rotatable bonds is 13. The summed E-state index contributed by atoms with van der Waals surface area (Å²) in [5, 5.41) is 11.4. The lowest BCUT2D eigenvalue weighted by Gasteiger charge is -2.26. The molecule has 0 bridgehead atoms. The normalized spacial score (nSPS) is 17.2. The van der Waals surface area contributed by atoms with Crippen molar-refractivity contribution in [1.82, 2.24) is 9.80 Å². The molecule has 1 amide bonds. The Morgan fingerprint density at radius 3 is 2.52 bits per heavy atom. The Morgan fingerprint density at radius 2 is 1.85 bits per heavy atom. The van der Waals surface area contributed by atoms with Crippen molar-refractivity contribution in [2.24, 2.45) is 5.92 Å². The van der Waals surface area contributed by atoms with Crippen LogP contribution in [0.2, 0.25) is 10.0 Å². The van der Waals surface area contributed by atoms with Crippen molar-refractivity contribution in [2.75, 3.05) is 33.0 Å². The summed E-state index contributed by atoms with van der Waals surface area (Å²) in [6, 6.07) is 11.6. The maximum Gasteiger partial charge on any atom is 0.387 e. The second-order valence-electron chi connectivity index (χ2n) is 11.4. The zero-order chi connectivity index (χ0) is 33.0. The predicted molar refractivity (Wildman–Crippen MR) is 170 cm³/mol. The summed E-state index contributed by atoms with van der Waals surface area (Å²) >= 11 is 14.2. The first-order chi connectivity index (χ1) is 22.0. The largest absolute Gasteiger partial charge is 0.619 e. The molecule has 1 saturated carbocycles. The lowest BCUT2D eigenvalue weighted by atomic mass is 10.0. The molecule has 9 nitrogen and oxygen atoms in total. The number of ether oxygens (including phenoxy) is 3. The van der Waals surface area contributed by atoms with Crippen molar-refractivity contribution >= 4 is 46.8 Å². The summed E-state index contributed by atoms with van der Waals surface area (Å²) in [7, 11) is 3.37. The number of halogens is 4. The molecule has 46 heavy (non-hydrogen) atoms. The van der Waals surface area contributed by atoms with Gasteiger partial charge in [0.2, 0.25) is 0 Å². The highest BCUT2D eigenvalue weighted by molar-refractivity contribution is 8.00. The number of thioether (sulfide) groups is 1. The van der Waals surface area contributed by atoms with Gasteiger partial charge in [-0.05, 0) is 54.2 Å². The highest BCUT2D eigenvalue weighted by Crippen LogP contribution is 2.38. The van der Waals surface area contributed by atoms with Crippen LogP contribution in [-0.4, -0.2) is 66.7 Å². The molecule has 246 valence electrons. The number of esters is 1. The van der Waals surface area contributed by atoms with Crippen LogP contribution in [0.5, 0.6) is 11.5 Å². The van der Waals surface area contributed by atoms with E-state index in [-0.39, 0.29) is 33.9 Å². The highest BCUT2D eigenvalue weighted by Gasteiger charge is 2.35. The minimum atomic E-state index is -3.06. The van der Waals surface area contributed by atoms with E-state index in [2.05, 4.69) is 0 Å². The van der Waals surface area contributed by atoms with Crippen LogP contribution in [0, 0.1) is 11.1 Å². The van der Waals surface area contributed by atoms with E-state index in [9.17, 15) is 23.6 Å². The van der Waals surface area contributed by atoms with E-state index in [1.165, 1.54) is 34.9 Å². The second-order valence-corrected chi connectivity index (χ2v) is 13.4. The van der Waals surface area contributed by atoms with E-state index in [1.54, 1.807) is 20.2 Å². The van der Waals surface area contributed by atoms with Gasteiger partial charge in [0.25, 0.3) is 5.91 Å². The topological polar surface area (TPSA) is 95.3 Å². The van der Waals surface area contributed by atoms with Gasteiger partial charge in [-0.2, -0.15) is 13.5 Å². The number of alkyl halides is 2. The minimum Gasteiger partial charge on any atom is -0.619 e. The second kappa shape index (κ2) is 15.1. The van der Waals surface area contributed by atoms with E-state index in [0.717, 1.165) is 30.8 Å². The standard InChI is InChI=1S/C32H33Cl2F2N3O6S/c1-37(2)29(40)22-5-3-4-20(12-22)15-38-10-11-46-30(38)31(41)44-27(14-23-24(33)16-39(42)17-25(23)34)21-8-9-26(45-32(35)36)28(13-21)43-18-19-6-7-19/h3-5,8-9,12-13,16-17,19,27,30,32H,6-7,10-11,14-15,18H2,1-2H3/t27-,30-/m0/s1. The molecule has 2 aromatic carbocycles. The van der Waals surface area contributed by atoms with Gasteiger partial charge in [-0.25, -0.2) is 4.79 Å². The Labute approximate surface area is 279 Å². The molecule has 2 heterocycles. The summed E-state index contributed by atoms with van der Waals surface area (Å²) in [6.07, 6.45) is 3.29. The van der Waals surface area contributed by atoms with Gasteiger partial charge in [0.1, 0.15) is 16.1 Å². The molecule has 14 heteroatoms. The third kappa shape index (κ3) is 8.72. The number of benzene rings is 2. The van der Waals surface area contributed by atoms with E-state index in [0.29, 0.717) is 52.8 Å². The maximum absolute atomic E-state index is 13.8. The fourth-order valence-electron chi connectivity index (χ4n) is 5.04. The smallest absolute Gasteiger partial charge is 0.387 e. The number of pyridine rings is 1. The van der Waals surface area contributed by atoms with Crippen LogP contribution in [0.3, 0.4) is 0 Å². The number of nitrogens with zero attached hydrogens (tertiary/aromatic N) is 3. The van der Waals surface area contributed by atoms with Gasteiger partial charge in [0.05, 0.1) is 6.61 Å². The lowest BCUT2D eigenvalue weighted by molar-refractivity contribution is -0.605. The first kappa shape index (κ1) is 34.0. The quantitative estimate of drug-likeness (QED) is 0.120. The zero-order valence-corrected chi connectivity index (χ0v) is 27.5. The van der Waals surface area contributed by atoms with Crippen LogP contribution >= 0.6 is 35.0 Å². The molecule has 0 spiro atoms. The predicted octanol–water partition coefficient (Wildman–Crippen LogP) is 6.12. The van der Waals surface area contributed by atoms with E-state index >= 15 is 0 Å². The molecule has 5 rings (SSSR count). The summed E-state index contributed by atoms with van der Waals surface area (Å²) in [6.45, 7) is -1.71. The summed E-state index contributed by atoms with van der Waals surface area (Å²) < 4.78 is 43.5. The maximum atomic E-state index is 13.8. The third-order valence-electron chi connectivity index (χ3n) is 7.59. The van der Waals surface area contributed by atoms with Crippen molar-refractivity contribution in [2.45, 2.75) is 43.9 Å². The average Bonchev–Trinajstić information content (AvgIpc) is 3.72. The van der Waals surface area contributed by atoms with Crippen LogP contribution in [0.1, 0.15) is 46.0 Å². The van der Waals surface area contributed by atoms with Gasteiger partial charge in [0, 0.05) is 50.5 Å². The van der Waals surface area contributed by atoms with Gasteiger partial charge in [-0.3, -0.25) is 9.69 Å². The Kier molecular flexibility index (Phi) is 11.1. The molecule has 2 aliphatic rings. The molecular weight excluding hydrogens is 663 g/mol. The minimum absolute atomic E-state index is 0.00651. The first-order valence-corrected chi connectivity index (χ1v) is 16.4. The summed E-state index contributed by atoms with van der Waals surface area (Å²) in [5.41, 5.74) is 2.23. The molecule has 1 aliphatic carbocycles. The van der Waals surface area contributed by atoms with Crippen LogP contribution in [0.25, 0.3) is 0 Å². The van der Waals surface area contributed by atoms with Crippen molar-refractivity contribution in [1.29, 1.82) is 0 Å². The van der Waals surface area contributed by atoms with Gasteiger partial charge in [-0.15, -0.1) is 11.8 Å². The zero-order valence-electron chi connectivity index (χ0n) is 25.2. The van der Waals surface area contributed by atoms with E-state index in [4.69, 9.17) is 37.4 Å². The van der Waals surface area contributed by atoms with Crippen LogP contribution in [-0.2, 0) is 22.5 Å². The van der Waals surface area contributed by atoms with Crippen LogP contribution in [0.4, 0.5) is 8.78 Å². The number of carbonyl (C=O) groups is 2. The lowest BCUT2D eigenvalue weighted by Crippen LogP contribution is -2.36.